The summed E-state index contributed by atoms with van der Waals surface area (Å²) in [5.41, 5.74) is 5.62. The molecule has 2 amide bonds. The highest BCUT2D eigenvalue weighted by Gasteiger charge is 2.12. The molecule has 0 fully saturated rings. The number of hydrazone groups is 1. The number of hydrogen-bond donors (Lipinski definition) is 2. The van der Waals surface area contributed by atoms with E-state index in [0.29, 0.717) is 43.9 Å². The van der Waals surface area contributed by atoms with E-state index in [1.54, 1.807) is 30.3 Å². The molecule has 178 valence electrons. The zero-order valence-electron chi connectivity index (χ0n) is 18.3. The van der Waals surface area contributed by atoms with Crippen LogP contribution in [0.3, 0.4) is 0 Å². The van der Waals surface area contributed by atoms with Gasteiger partial charge in [0.15, 0.2) is 11.5 Å². The van der Waals surface area contributed by atoms with Gasteiger partial charge in [0.05, 0.1) is 12.8 Å². The van der Waals surface area contributed by atoms with Crippen LogP contribution >= 0.6 is 55.1 Å². The van der Waals surface area contributed by atoms with Crippen LogP contribution in [0.4, 0.5) is 10.5 Å². The number of rotatable bonds is 8. The Kier molecular flexibility index (Phi) is 9.64. The van der Waals surface area contributed by atoms with Gasteiger partial charge >= 0.3 is 6.03 Å². The van der Waals surface area contributed by atoms with E-state index >= 15 is 0 Å². The molecule has 3 rings (SSSR count). The molecule has 0 aliphatic carbocycles. The number of aryl methyl sites for hydroxylation is 1. The van der Waals surface area contributed by atoms with Crippen LogP contribution in [0.25, 0.3) is 0 Å². The van der Waals surface area contributed by atoms with Crippen molar-refractivity contribution in [3.63, 3.8) is 0 Å². The summed E-state index contributed by atoms with van der Waals surface area (Å²) in [7, 11) is 0. The van der Waals surface area contributed by atoms with E-state index in [2.05, 4.69) is 47.7 Å². The average molecular weight is 630 g/mol. The maximum atomic E-state index is 12.2. The Hall–Kier alpha value is -2.26. The fraction of sp³-hybridized carbons (Fsp3) is 0.167. The smallest absolute Gasteiger partial charge is 0.339 e. The molecule has 0 aliphatic rings. The van der Waals surface area contributed by atoms with Gasteiger partial charge in [-0.1, -0.05) is 45.2 Å². The van der Waals surface area contributed by atoms with Crippen molar-refractivity contribution >= 4 is 73.0 Å². The van der Waals surface area contributed by atoms with Crippen molar-refractivity contribution in [1.29, 1.82) is 0 Å². The predicted molar refractivity (Wildman–Crippen MR) is 145 cm³/mol. The van der Waals surface area contributed by atoms with E-state index in [1.165, 1.54) is 6.21 Å². The summed E-state index contributed by atoms with van der Waals surface area (Å²) in [6.07, 6.45) is 1.51. The molecule has 0 unspecified atom stereocenters. The van der Waals surface area contributed by atoms with Crippen molar-refractivity contribution < 1.29 is 14.3 Å². The molecular weight excluding hydrogens is 609 g/mol. The lowest BCUT2D eigenvalue weighted by atomic mass is 10.2. The van der Waals surface area contributed by atoms with Gasteiger partial charge in [0.2, 0.25) is 0 Å². The molecule has 0 saturated carbocycles. The van der Waals surface area contributed by atoms with Gasteiger partial charge in [0.25, 0.3) is 0 Å². The van der Waals surface area contributed by atoms with Crippen molar-refractivity contribution in [2.45, 2.75) is 20.5 Å². The molecule has 0 radical (unpaired) electrons. The van der Waals surface area contributed by atoms with Gasteiger partial charge in [-0.3, -0.25) is 0 Å². The predicted octanol–water partition coefficient (Wildman–Crippen LogP) is 7.96. The number of anilines is 1. The van der Waals surface area contributed by atoms with E-state index in [4.69, 9.17) is 32.7 Å². The molecule has 3 aromatic carbocycles. The summed E-state index contributed by atoms with van der Waals surface area (Å²) in [6.45, 7) is 4.51. The number of carbonyl (C=O) groups is 1. The molecule has 34 heavy (non-hydrogen) atoms. The number of ether oxygens (including phenoxy) is 2. The third-order valence-corrected chi connectivity index (χ3v) is 6.71. The molecule has 0 aromatic heterocycles. The highest BCUT2D eigenvalue weighted by atomic mass is 79.9. The summed E-state index contributed by atoms with van der Waals surface area (Å²) in [5, 5.41) is 7.85. The van der Waals surface area contributed by atoms with E-state index < -0.39 is 6.03 Å². The lowest BCUT2D eigenvalue weighted by Gasteiger charge is -2.14. The number of halogens is 4. The summed E-state index contributed by atoms with van der Waals surface area (Å²) >= 11 is 19.1. The standard InChI is InChI=1S/C24H21Br2Cl2N3O3/c1-3-33-22-9-16(12-29-31-24(32)30-18-6-7-19(25)14(2)8-18)20(26)11-23(22)34-13-15-4-5-17(27)10-21(15)28/h4-12H,3,13H2,1-2H3,(H2,30,31,32)/b29-12+. The monoisotopic (exact) mass is 627 g/mol. The fourth-order valence-corrected chi connectivity index (χ4v) is 4.00. The molecule has 0 atom stereocenters. The van der Waals surface area contributed by atoms with Crippen molar-refractivity contribution in [1.82, 2.24) is 5.43 Å². The summed E-state index contributed by atoms with van der Waals surface area (Å²) in [4.78, 5) is 12.2. The summed E-state index contributed by atoms with van der Waals surface area (Å²) in [5.74, 6) is 1.07. The van der Waals surface area contributed by atoms with Crippen LogP contribution in [0.1, 0.15) is 23.6 Å². The van der Waals surface area contributed by atoms with Crippen molar-refractivity contribution in [3.8, 4) is 11.5 Å². The highest BCUT2D eigenvalue weighted by molar-refractivity contribution is 9.10. The van der Waals surface area contributed by atoms with Gasteiger partial charge in [-0.2, -0.15) is 5.10 Å². The number of nitrogens with one attached hydrogen (secondary N) is 2. The summed E-state index contributed by atoms with van der Waals surface area (Å²) in [6, 6.07) is 13.8. The number of carbonyl (C=O) groups excluding carboxylic acids is 1. The topological polar surface area (TPSA) is 72.0 Å². The fourth-order valence-electron chi connectivity index (χ4n) is 2.87. The zero-order valence-corrected chi connectivity index (χ0v) is 23.0. The second-order valence-corrected chi connectivity index (χ2v) is 9.62. The molecule has 0 heterocycles. The van der Waals surface area contributed by atoms with Crippen molar-refractivity contribution in [2.24, 2.45) is 5.10 Å². The first kappa shape index (κ1) is 26.3. The van der Waals surface area contributed by atoms with Crippen LogP contribution in [0.5, 0.6) is 11.5 Å². The third-order valence-electron chi connectivity index (χ3n) is 4.55. The minimum Gasteiger partial charge on any atom is -0.490 e. The maximum absolute atomic E-state index is 12.2. The van der Waals surface area contributed by atoms with E-state index in [9.17, 15) is 4.79 Å². The van der Waals surface area contributed by atoms with Gasteiger partial charge < -0.3 is 14.8 Å². The van der Waals surface area contributed by atoms with E-state index in [-0.39, 0.29) is 6.61 Å². The summed E-state index contributed by atoms with van der Waals surface area (Å²) < 4.78 is 13.4. The molecule has 2 N–H and O–H groups in total. The minimum atomic E-state index is -0.459. The quantitative estimate of drug-likeness (QED) is 0.196. The highest BCUT2D eigenvalue weighted by Crippen LogP contribution is 2.34. The Morgan fingerprint density at radius 1 is 1.03 bits per heavy atom. The van der Waals surface area contributed by atoms with Gasteiger partial charge in [0, 0.05) is 35.8 Å². The van der Waals surface area contributed by atoms with Crippen LogP contribution in [0.15, 0.2) is 62.6 Å². The second kappa shape index (κ2) is 12.4. The third kappa shape index (κ3) is 7.37. The molecule has 0 spiro atoms. The molecule has 0 aliphatic heterocycles. The van der Waals surface area contributed by atoms with Gasteiger partial charge in [-0.05, 0) is 77.8 Å². The SMILES string of the molecule is CCOc1cc(/C=N/NC(=O)Nc2ccc(Br)c(C)c2)c(Br)cc1OCc1ccc(Cl)cc1Cl. The Balaban J connectivity index is 1.68. The molecule has 0 bridgehead atoms. The Morgan fingerprint density at radius 2 is 1.79 bits per heavy atom. The number of hydrogen-bond acceptors (Lipinski definition) is 4. The first-order chi connectivity index (χ1) is 16.3. The number of amides is 2. The molecule has 6 nitrogen and oxygen atoms in total. The average Bonchev–Trinajstić information content (AvgIpc) is 2.78. The molecule has 3 aromatic rings. The molecule has 10 heteroatoms. The largest absolute Gasteiger partial charge is 0.490 e. The van der Waals surface area contributed by atoms with Crippen LogP contribution < -0.4 is 20.2 Å². The Bertz CT molecular complexity index is 1220. The van der Waals surface area contributed by atoms with Gasteiger partial charge in [0.1, 0.15) is 6.61 Å². The Morgan fingerprint density at radius 3 is 2.50 bits per heavy atom. The number of benzene rings is 3. The number of nitrogens with zero attached hydrogens (tertiary/aromatic N) is 1. The van der Waals surface area contributed by atoms with Gasteiger partial charge in [-0.25, -0.2) is 10.2 Å². The van der Waals surface area contributed by atoms with Crippen LogP contribution in [-0.4, -0.2) is 18.9 Å². The first-order valence-corrected chi connectivity index (χ1v) is 12.5. The van der Waals surface area contributed by atoms with Crippen molar-refractivity contribution in [3.05, 3.63) is 84.2 Å². The zero-order chi connectivity index (χ0) is 24.7. The van der Waals surface area contributed by atoms with Crippen molar-refractivity contribution in [2.75, 3.05) is 11.9 Å². The normalized spacial score (nSPS) is 10.9. The Labute approximate surface area is 224 Å². The van der Waals surface area contributed by atoms with Crippen LogP contribution in [0, 0.1) is 6.92 Å². The molecular formula is C24H21Br2Cl2N3O3. The minimum absolute atomic E-state index is 0.243. The van der Waals surface area contributed by atoms with E-state index in [0.717, 1.165) is 15.6 Å². The first-order valence-electron chi connectivity index (χ1n) is 10.2. The van der Waals surface area contributed by atoms with Crippen LogP contribution in [0.2, 0.25) is 10.0 Å². The van der Waals surface area contributed by atoms with Crippen LogP contribution in [-0.2, 0) is 6.61 Å². The molecule has 0 saturated heterocycles. The van der Waals surface area contributed by atoms with E-state index in [1.807, 2.05) is 32.0 Å². The number of urea groups is 1. The lowest BCUT2D eigenvalue weighted by Crippen LogP contribution is -2.24. The van der Waals surface area contributed by atoms with Gasteiger partial charge in [-0.15, -0.1) is 0 Å². The maximum Gasteiger partial charge on any atom is 0.339 e. The lowest BCUT2D eigenvalue weighted by molar-refractivity contribution is 0.252. The second-order valence-electron chi connectivity index (χ2n) is 7.07.